The molecule has 112 valence electrons. The first-order valence-electron chi connectivity index (χ1n) is 5.80. The van der Waals surface area contributed by atoms with Crippen LogP contribution >= 0.6 is 0 Å². The molecule has 8 heteroatoms. The normalized spacial score (nSPS) is 11.4. The lowest BCUT2D eigenvalue weighted by Gasteiger charge is -2.09. The third kappa shape index (κ3) is 3.98. The summed E-state index contributed by atoms with van der Waals surface area (Å²) in [5.74, 6) is 0. The molecule has 0 aliphatic rings. The van der Waals surface area contributed by atoms with E-state index in [9.17, 15) is 22.8 Å². The molecule has 0 spiro atoms. The number of amides is 1. The summed E-state index contributed by atoms with van der Waals surface area (Å²) >= 11 is 0. The van der Waals surface area contributed by atoms with Gasteiger partial charge in [-0.1, -0.05) is 0 Å². The number of aryl methyl sites for hydroxylation is 1. The maximum absolute atomic E-state index is 11.9. The van der Waals surface area contributed by atoms with Gasteiger partial charge in [-0.05, 0) is 24.6 Å². The number of fused-ring (bicyclic) bond motifs is 1. The number of anilines is 1. The van der Waals surface area contributed by atoms with Gasteiger partial charge in [0.05, 0.1) is 0 Å². The van der Waals surface area contributed by atoms with Crippen LogP contribution < -0.4 is 10.9 Å². The van der Waals surface area contributed by atoms with Crippen LogP contribution in [0.3, 0.4) is 0 Å². The van der Waals surface area contributed by atoms with Crippen LogP contribution in [0.5, 0.6) is 0 Å². The number of alkyl halides is 3. The Bertz CT molecular complexity index is 736. The molecule has 0 saturated heterocycles. The van der Waals surface area contributed by atoms with Crippen molar-refractivity contribution >= 4 is 22.7 Å². The summed E-state index contributed by atoms with van der Waals surface area (Å²) in [5, 5.41) is 2.78. The minimum absolute atomic E-state index is 0.156. The lowest BCUT2D eigenvalue weighted by atomic mass is 10.1. The average Bonchev–Trinajstić information content (AvgIpc) is 2.35. The fourth-order valence-electron chi connectivity index (χ4n) is 1.70. The van der Waals surface area contributed by atoms with Crippen molar-refractivity contribution in [2.45, 2.75) is 13.1 Å². The van der Waals surface area contributed by atoms with Crippen molar-refractivity contribution in [2.75, 3.05) is 11.9 Å². The second-order valence-corrected chi connectivity index (χ2v) is 4.28. The lowest BCUT2D eigenvalue weighted by Crippen LogP contribution is -2.23. The van der Waals surface area contributed by atoms with Gasteiger partial charge in [-0.15, -0.1) is 0 Å². The van der Waals surface area contributed by atoms with Gasteiger partial charge in [0, 0.05) is 23.2 Å². The molecule has 0 atom stereocenters. The van der Waals surface area contributed by atoms with Crippen LogP contribution in [0, 0.1) is 6.92 Å². The maximum atomic E-state index is 11.9. The molecule has 1 N–H and O–H groups in total. The smallest absolute Gasteiger partial charge is 0.422 e. The Hall–Kier alpha value is -2.51. The Morgan fingerprint density at radius 1 is 1.33 bits per heavy atom. The highest BCUT2D eigenvalue weighted by Crippen LogP contribution is 2.21. The molecule has 0 radical (unpaired) electrons. The van der Waals surface area contributed by atoms with Crippen molar-refractivity contribution in [3.05, 3.63) is 40.2 Å². The minimum atomic E-state index is -4.59. The topological polar surface area (TPSA) is 68.5 Å². The molecule has 0 unspecified atom stereocenters. The van der Waals surface area contributed by atoms with E-state index in [1.165, 1.54) is 18.2 Å². The third-order valence-electron chi connectivity index (χ3n) is 2.56. The van der Waals surface area contributed by atoms with Gasteiger partial charge in [-0.2, -0.15) is 13.2 Å². The van der Waals surface area contributed by atoms with E-state index in [1.54, 1.807) is 13.0 Å². The number of ether oxygens (including phenoxy) is 1. The number of rotatable bonds is 2. The number of carbonyl (C=O) groups is 1. The van der Waals surface area contributed by atoms with Crippen molar-refractivity contribution in [3.63, 3.8) is 0 Å². The fourth-order valence-corrected chi connectivity index (χ4v) is 1.70. The number of hydrogen-bond donors (Lipinski definition) is 1. The van der Waals surface area contributed by atoms with E-state index in [1.807, 2.05) is 0 Å². The number of carbonyl (C=O) groups excluding carboxylic acids is 1. The standard InChI is InChI=1S/C13H10F3NO4/c1-7-4-11(18)21-10-5-8(2-3-9(7)10)17-12(19)20-6-13(14,15)16/h2-5H,6H2,1H3,(H,17,19). The third-order valence-corrected chi connectivity index (χ3v) is 2.56. The van der Waals surface area contributed by atoms with Crippen LogP contribution in [-0.2, 0) is 4.74 Å². The van der Waals surface area contributed by atoms with Crippen LogP contribution in [0.15, 0.2) is 33.5 Å². The molecule has 0 aliphatic carbocycles. The molecule has 0 fully saturated rings. The van der Waals surface area contributed by atoms with E-state index in [2.05, 4.69) is 10.1 Å². The van der Waals surface area contributed by atoms with Crippen LogP contribution in [0.25, 0.3) is 11.0 Å². The van der Waals surface area contributed by atoms with Crippen LogP contribution in [0.1, 0.15) is 5.56 Å². The summed E-state index contributed by atoms with van der Waals surface area (Å²) < 4.78 is 44.6. The molecule has 1 amide bonds. The first-order valence-corrected chi connectivity index (χ1v) is 5.80. The van der Waals surface area contributed by atoms with Gasteiger partial charge >= 0.3 is 17.9 Å². The SMILES string of the molecule is Cc1cc(=O)oc2cc(NC(=O)OCC(F)(F)F)ccc12. The van der Waals surface area contributed by atoms with Gasteiger partial charge < -0.3 is 9.15 Å². The molecule has 1 aromatic carbocycles. The Morgan fingerprint density at radius 2 is 2.05 bits per heavy atom. The van der Waals surface area contributed by atoms with Gasteiger partial charge in [-0.3, -0.25) is 5.32 Å². The Morgan fingerprint density at radius 3 is 2.71 bits per heavy atom. The number of halogens is 3. The summed E-state index contributed by atoms with van der Waals surface area (Å²) in [6, 6.07) is 5.68. The van der Waals surface area contributed by atoms with Crippen molar-refractivity contribution < 1.29 is 27.1 Å². The number of nitrogens with one attached hydrogen (secondary N) is 1. The number of hydrogen-bond acceptors (Lipinski definition) is 4. The Kier molecular flexibility index (Phi) is 3.88. The predicted octanol–water partition coefficient (Wildman–Crippen LogP) is 3.21. The second-order valence-electron chi connectivity index (χ2n) is 4.28. The highest BCUT2D eigenvalue weighted by molar-refractivity contribution is 5.89. The average molecular weight is 301 g/mol. The summed E-state index contributed by atoms with van der Waals surface area (Å²) in [4.78, 5) is 22.5. The zero-order valence-electron chi connectivity index (χ0n) is 10.8. The molecule has 2 aromatic rings. The lowest BCUT2D eigenvalue weighted by molar-refractivity contribution is -0.159. The zero-order chi connectivity index (χ0) is 15.6. The van der Waals surface area contributed by atoms with Crippen molar-refractivity contribution in [2.24, 2.45) is 0 Å². The van der Waals surface area contributed by atoms with Crippen LogP contribution in [0.4, 0.5) is 23.7 Å². The molecule has 2 rings (SSSR count). The van der Waals surface area contributed by atoms with Gasteiger partial charge in [0.2, 0.25) is 0 Å². The monoisotopic (exact) mass is 301 g/mol. The van der Waals surface area contributed by atoms with Gasteiger partial charge in [0.1, 0.15) is 5.58 Å². The van der Waals surface area contributed by atoms with E-state index < -0.39 is 24.5 Å². The highest BCUT2D eigenvalue weighted by Gasteiger charge is 2.29. The highest BCUT2D eigenvalue weighted by atomic mass is 19.4. The van der Waals surface area contributed by atoms with E-state index in [4.69, 9.17) is 4.42 Å². The molecule has 21 heavy (non-hydrogen) atoms. The summed E-state index contributed by atoms with van der Waals surface area (Å²) in [5.41, 5.74) is 0.501. The molecule has 0 saturated carbocycles. The van der Waals surface area contributed by atoms with Gasteiger partial charge in [0.25, 0.3) is 0 Å². The summed E-state index contributed by atoms with van der Waals surface area (Å²) in [7, 11) is 0. The Labute approximate surface area is 116 Å². The molecular weight excluding hydrogens is 291 g/mol. The van der Waals surface area contributed by atoms with Crippen LogP contribution in [-0.4, -0.2) is 18.9 Å². The molecule has 5 nitrogen and oxygen atoms in total. The Balaban J connectivity index is 2.16. The van der Waals surface area contributed by atoms with Gasteiger partial charge in [0.15, 0.2) is 6.61 Å². The first-order chi connectivity index (χ1) is 9.74. The molecule has 0 aliphatic heterocycles. The molecular formula is C13H10F3NO4. The van der Waals surface area contributed by atoms with Crippen molar-refractivity contribution in [3.8, 4) is 0 Å². The molecule has 1 heterocycles. The molecule has 0 bridgehead atoms. The van der Waals surface area contributed by atoms with E-state index in [-0.39, 0.29) is 11.3 Å². The van der Waals surface area contributed by atoms with Crippen molar-refractivity contribution in [1.82, 2.24) is 0 Å². The molecule has 1 aromatic heterocycles. The quantitative estimate of drug-likeness (QED) is 0.865. The zero-order valence-corrected chi connectivity index (χ0v) is 10.8. The van der Waals surface area contributed by atoms with Gasteiger partial charge in [-0.25, -0.2) is 9.59 Å². The van der Waals surface area contributed by atoms with E-state index in [0.29, 0.717) is 10.9 Å². The van der Waals surface area contributed by atoms with Crippen molar-refractivity contribution in [1.29, 1.82) is 0 Å². The van der Waals surface area contributed by atoms with E-state index in [0.717, 1.165) is 0 Å². The first kappa shape index (κ1) is 14.9. The largest absolute Gasteiger partial charge is 0.440 e. The predicted molar refractivity (Wildman–Crippen MR) is 68.2 cm³/mol. The summed E-state index contributed by atoms with van der Waals surface area (Å²) in [6.45, 7) is 0.0323. The number of benzene rings is 1. The van der Waals surface area contributed by atoms with Crippen LogP contribution in [0.2, 0.25) is 0 Å². The van der Waals surface area contributed by atoms with E-state index >= 15 is 0 Å². The summed E-state index contributed by atoms with van der Waals surface area (Å²) in [6.07, 6.45) is -5.84. The second kappa shape index (κ2) is 5.47. The fraction of sp³-hybridized carbons (Fsp3) is 0.231. The minimum Gasteiger partial charge on any atom is -0.440 e. The maximum Gasteiger partial charge on any atom is 0.422 e.